The number of methoxy groups -OCH3 is 1. The van der Waals surface area contributed by atoms with Gasteiger partial charge in [0.25, 0.3) is 0 Å². The van der Waals surface area contributed by atoms with Crippen molar-refractivity contribution in [2.24, 2.45) is 10.9 Å². The molecule has 1 aliphatic rings. The van der Waals surface area contributed by atoms with Gasteiger partial charge < -0.3 is 9.47 Å². The summed E-state index contributed by atoms with van der Waals surface area (Å²) in [6.07, 6.45) is 7.89. The van der Waals surface area contributed by atoms with Gasteiger partial charge in [-0.15, -0.1) is 0 Å². The monoisotopic (exact) mass is 355 g/mol. The van der Waals surface area contributed by atoms with Gasteiger partial charge in [0.05, 0.1) is 12.7 Å². The molecule has 0 bridgehead atoms. The lowest BCUT2D eigenvalue weighted by molar-refractivity contribution is 0.233. The fraction of sp³-hybridized carbons (Fsp3) is 0.400. The summed E-state index contributed by atoms with van der Waals surface area (Å²) in [7, 11) is 1.62. The zero-order chi connectivity index (χ0) is 18.2. The molecule has 1 aromatic carbocycles. The summed E-state index contributed by atoms with van der Waals surface area (Å²) in [4.78, 5) is 8.88. The van der Waals surface area contributed by atoms with Crippen LogP contribution in [0.5, 0.6) is 17.4 Å². The molecule has 3 rings (SSSR count). The molecular weight excluding hydrogens is 330 g/mol. The minimum atomic E-state index is 0.382. The van der Waals surface area contributed by atoms with E-state index in [0.29, 0.717) is 35.5 Å². The number of rotatable bonds is 6. The number of benzene rings is 1. The van der Waals surface area contributed by atoms with Gasteiger partial charge in [0.1, 0.15) is 11.5 Å². The van der Waals surface area contributed by atoms with Crippen molar-refractivity contribution in [1.29, 1.82) is 0 Å². The number of nitrogens with zero attached hydrogens (tertiary/aromatic N) is 2. The highest BCUT2D eigenvalue weighted by atomic mass is 16.5. The standard InChI is InChI=1S/C20H25N3O3/c1-25-16-9-11-17(12-10-16)26-20-18(8-5-13-21-20)19(23-24)22-14-15-6-3-2-4-7-15/h5,8-13,15,24H,2-4,6-7,14H2,1H3,(H,22,23). The molecule has 1 fully saturated rings. The van der Waals surface area contributed by atoms with Crippen molar-refractivity contribution in [2.75, 3.05) is 13.7 Å². The molecule has 0 aliphatic heterocycles. The molecule has 2 aromatic rings. The molecule has 1 saturated carbocycles. The third kappa shape index (κ3) is 4.73. The van der Waals surface area contributed by atoms with E-state index in [2.05, 4.69) is 15.5 Å². The van der Waals surface area contributed by atoms with Crippen molar-refractivity contribution in [3.63, 3.8) is 0 Å². The molecule has 0 radical (unpaired) electrons. The Bertz CT molecular complexity index is 725. The number of pyridine rings is 1. The maximum absolute atomic E-state index is 9.59. The maximum atomic E-state index is 9.59. The molecule has 1 aromatic heterocycles. The number of hydrogen-bond acceptors (Lipinski definition) is 5. The Morgan fingerprint density at radius 3 is 2.58 bits per heavy atom. The molecule has 1 heterocycles. The summed E-state index contributed by atoms with van der Waals surface area (Å²) in [6.45, 7) is 0.694. The highest BCUT2D eigenvalue weighted by molar-refractivity contribution is 6.00. The van der Waals surface area contributed by atoms with Crippen LogP contribution < -0.4 is 15.0 Å². The van der Waals surface area contributed by atoms with Gasteiger partial charge in [-0.25, -0.2) is 4.98 Å². The number of hydrogen-bond donors (Lipinski definition) is 2. The molecule has 0 saturated heterocycles. The topological polar surface area (TPSA) is 76.0 Å². The van der Waals surface area contributed by atoms with Crippen LogP contribution in [0.25, 0.3) is 0 Å². The summed E-state index contributed by atoms with van der Waals surface area (Å²) < 4.78 is 11.0. The van der Waals surface area contributed by atoms with E-state index >= 15 is 0 Å². The van der Waals surface area contributed by atoms with Gasteiger partial charge in [-0.1, -0.05) is 19.3 Å². The van der Waals surface area contributed by atoms with Gasteiger partial charge in [0, 0.05) is 12.7 Å². The van der Waals surface area contributed by atoms with Crippen LogP contribution in [0.2, 0.25) is 0 Å². The van der Waals surface area contributed by atoms with Crippen molar-refractivity contribution < 1.29 is 14.7 Å². The first kappa shape index (κ1) is 18.2. The number of aliphatic imine (C=N–C) groups is 1. The lowest BCUT2D eigenvalue weighted by Gasteiger charge is -2.20. The van der Waals surface area contributed by atoms with E-state index in [0.717, 1.165) is 5.75 Å². The van der Waals surface area contributed by atoms with Gasteiger partial charge in [0.15, 0.2) is 5.84 Å². The number of ether oxygens (including phenoxy) is 2. The quantitative estimate of drug-likeness (QED) is 0.462. The van der Waals surface area contributed by atoms with E-state index in [4.69, 9.17) is 9.47 Å². The van der Waals surface area contributed by atoms with Crippen molar-refractivity contribution in [1.82, 2.24) is 10.5 Å². The number of aromatic nitrogens is 1. The SMILES string of the molecule is COc1ccc(Oc2ncccc2C(=NCC2CCCCC2)NO)cc1. The highest BCUT2D eigenvalue weighted by Gasteiger charge is 2.16. The summed E-state index contributed by atoms with van der Waals surface area (Å²) in [6, 6.07) is 10.9. The van der Waals surface area contributed by atoms with Crippen LogP contribution in [-0.2, 0) is 0 Å². The van der Waals surface area contributed by atoms with E-state index < -0.39 is 0 Å². The Kier molecular flexibility index (Phi) is 6.44. The Labute approximate surface area is 153 Å². The molecule has 0 amide bonds. The average molecular weight is 355 g/mol. The van der Waals surface area contributed by atoms with Crippen LogP contribution in [0.15, 0.2) is 47.6 Å². The predicted octanol–water partition coefficient (Wildman–Crippen LogP) is 4.19. The molecule has 26 heavy (non-hydrogen) atoms. The molecule has 138 valence electrons. The first-order valence-electron chi connectivity index (χ1n) is 9.02. The fourth-order valence-corrected chi connectivity index (χ4v) is 3.18. The third-order valence-corrected chi connectivity index (χ3v) is 4.64. The average Bonchev–Trinajstić information content (AvgIpc) is 2.71. The second kappa shape index (κ2) is 9.20. The summed E-state index contributed by atoms with van der Waals surface area (Å²) in [5.41, 5.74) is 2.84. The first-order chi connectivity index (χ1) is 12.8. The molecule has 2 N–H and O–H groups in total. The normalized spacial score (nSPS) is 15.5. The van der Waals surface area contributed by atoms with Crippen molar-refractivity contribution in [3.8, 4) is 17.4 Å². The Morgan fingerprint density at radius 2 is 1.88 bits per heavy atom. The number of amidine groups is 1. The first-order valence-corrected chi connectivity index (χ1v) is 9.02. The Hall–Kier alpha value is -2.60. The second-order valence-corrected chi connectivity index (χ2v) is 6.44. The van der Waals surface area contributed by atoms with E-state index in [1.54, 1.807) is 19.4 Å². The maximum Gasteiger partial charge on any atom is 0.230 e. The van der Waals surface area contributed by atoms with Crippen LogP contribution in [0.4, 0.5) is 0 Å². The van der Waals surface area contributed by atoms with Crippen LogP contribution in [0.3, 0.4) is 0 Å². The smallest absolute Gasteiger partial charge is 0.230 e. The Balaban J connectivity index is 1.77. The largest absolute Gasteiger partial charge is 0.497 e. The molecule has 0 unspecified atom stereocenters. The van der Waals surface area contributed by atoms with Gasteiger partial charge in [-0.3, -0.25) is 15.7 Å². The minimum Gasteiger partial charge on any atom is -0.497 e. The van der Waals surface area contributed by atoms with Gasteiger partial charge >= 0.3 is 0 Å². The van der Waals surface area contributed by atoms with E-state index in [-0.39, 0.29) is 0 Å². The van der Waals surface area contributed by atoms with Crippen LogP contribution >= 0.6 is 0 Å². The predicted molar refractivity (Wildman–Crippen MR) is 100 cm³/mol. The van der Waals surface area contributed by atoms with Crippen molar-refractivity contribution >= 4 is 5.84 Å². The summed E-state index contributed by atoms with van der Waals surface area (Å²) in [5.74, 6) is 2.74. The minimum absolute atomic E-state index is 0.382. The van der Waals surface area contributed by atoms with Gasteiger partial charge in [0.2, 0.25) is 5.88 Å². The van der Waals surface area contributed by atoms with E-state index in [1.165, 1.54) is 32.1 Å². The molecule has 6 nitrogen and oxygen atoms in total. The van der Waals surface area contributed by atoms with Crippen molar-refractivity contribution in [3.05, 3.63) is 48.2 Å². The summed E-state index contributed by atoms with van der Waals surface area (Å²) in [5, 5.41) is 9.59. The molecular formula is C20H25N3O3. The second-order valence-electron chi connectivity index (χ2n) is 6.44. The van der Waals surface area contributed by atoms with Crippen LogP contribution in [0, 0.1) is 5.92 Å². The van der Waals surface area contributed by atoms with E-state index in [1.807, 2.05) is 30.3 Å². The van der Waals surface area contributed by atoms with Crippen molar-refractivity contribution in [2.45, 2.75) is 32.1 Å². The van der Waals surface area contributed by atoms with E-state index in [9.17, 15) is 5.21 Å². The molecule has 0 spiro atoms. The van der Waals surface area contributed by atoms with Crippen LogP contribution in [0.1, 0.15) is 37.7 Å². The third-order valence-electron chi connectivity index (χ3n) is 4.64. The summed E-state index contributed by atoms with van der Waals surface area (Å²) >= 11 is 0. The number of hydroxylamine groups is 1. The molecule has 1 aliphatic carbocycles. The zero-order valence-electron chi connectivity index (χ0n) is 15.0. The molecule has 0 atom stereocenters. The van der Waals surface area contributed by atoms with Gasteiger partial charge in [-0.05, 0) is 55.2 Å². The van der Waals surface area contributed by atoms with Gasteiger partial charge in [-0.2, -0.15) is 0 Å². The van der Waals surface area contributed by atoms with Crippen LogP contribution in [-0.4, -0.2) is 29.7 Å². The Morgan fingerprint density at radius 1 is 1.15 bits per heavy atom. The fourth-order valence-electron chi connectivity index (χ4n) is 3.18. The zero-order valence-corrected chi connectivity index (χ0v) is 15.0. The lowest BCUT2D eigenvalue weighted by Crippen LogP contribution is -2.23. The number of nitrogens with one attached hydrogen (secondary N) is 1. The molecule has 6 heteroatoms. The lowest BCUT2D eigenvalue weighted by atomic mass is 9.89. The highest BCUT2D eigenvalue weighted by Crippen LogP contribution is 2.26.